The quantitative estimate of drug-likeness (QED) is 0.0809. The average molecular weight is 609 g/mol. The first kappa shape index (κ1) is 37.0. The van der Waals surface area contributed by atoms with Gasteiger partial charge in [-0.2, -0.15) is 0 Å². The molecular weight excluding hydrogens is 558 g/mol. The van der Waals surface area contributed by atoms with Crippen LogP contribution in [0.3, 0.4) is 0 Å². The van der Waals surface area contributed by atoms with Crippen molar-refractivity contribution in [2.45, 2.75) is 0 Å². The predicted molar refractivity (Wildman–Crippen MR) is 142 cm³/mol. The maximum atomic E-state index is 5.45. The topological polar surface area (TPSA) is 128 Å². The molecule has 0 aromatic heterocycles. The molecule has 0 atom stereocenters. The van der Waals surface area contributed by atoms with Gasteiger partial charge in [-0.25, -0.2) is 0 Å². The Morgan fingerprint density at radius 2 is 0.432 bits per heavy atom. The molecule has 37 heavy (non-hydrogen) atoms. The second-order valence-corrected chi connectivity index (χ2v) is 8.01. The lowest BCUT2D eigenvalue weighted by atomic mass is 10.6. The zero-order valence-electron chi connectivity index (χ0n) is 22.4. The summed E-state index contributed by atoms with van der Waals surface area (Å²) in [5, 5.41) is 0.839. The molecule has 2 N–H and O–H groups in total. The van der Waals surface area contributed by atoms with Crippen LogP contribution in [-0.4, -0.2) is 157 Å². The lowest BCUT2D eigenvalue weighted by Crippen LogP contribution is -2.15. The van der Waals surface area contributed by atoms with E-state index in [1.807, 2.05) is 0 Å². The second kappa shape index (κ2) is 36.0. The summed E-state index contributed by atoms with van der Waals surface area (Å²) in [6, 6.07) is 0. The highest BCUT2D eigenvalue weighted by Crippen LogP contribution is 1.87. The van der Waals surface area contributed by atoms with Crippen LogP contribution in [0.1, 0.15) is 0 Å². The summed E-state index contributed by atoms with van der Waals surface area (Å²) in [5.41, 5.74) is 5.32. The molecule has 0 amide bonds. The van der Waals surface area contributed by atoms with Crippen molar-refractivity contribution in [2.24, 2.45) is 5.73 Å². The molecule has 12 nitrogen and oxygen atoms in total. The molecule has 0 heterocycles. The van der Waals surface area contributed by atoms with Crippen molar-refractivity contribution < 1.29 is 52.1 Å². The van der Waals surface area contributed by atoms with Gasteiger partial charge in [0.05, 0.1) is 145 Å². The van der Waals surface area contributed by atoms with Crippen molar-refractivity contribution in [1.82, 2.24) is 0 Å². The van der Waals surface area contributed by atoms with Crippen molar-refractivity contribution in [2.75, 3.05) is 157 Å². The number of ether oxygens (including phenoxy) is 11. The molecule has 0 fully saturated rings. The van der Waals surface area contributed by atoms with Crippen LogP contribution in [0.15, 0.2) is 0 Å². The third-order valence-electron chi connectivity index (χ3n) is 4.20. The van der Waals surface area contributed by atoms with Gasteiger partial charge in [-0.05, 0) is 0 Å². The number of hydrogen-bond donors (Lipinski definition) is 1. The maximum Gasteiger partial charge on any atom is 0.0701 e. The predicted octanol–water partition coefficient (Wildman–Crippen LogP) is 0.523. The molecule has 0 spiro atoms. The van der Waals surface area contributed by atoms with Gasteiger partial charge in [0.25, 0.3) is 0 Å². The maximum absolute atomic E-state index is 5.45. The van der Waals surface area contributed by atoms with Crippen LogP contribution < -0.4 is 5.73 Å². The van der Waals surface area contributed by atoms with Crippen LogP contribution in [0.4, 0.5) is 0 Å². The summed E-state index contributed by atoms with van der Waals surface area (Å²) in [7, 11) is 0. The van der Waals surface area contributed by atoms with Crippen molar-refractivity contribution in [3.8, 4) is 0 Å². The molecule has 0 aromatic rings. The minimum Gasteiger partial charge on any atom is -0.378 e. The fourth-order valence-electron chi connectivity index (χ4n) is 2.44. The third-order valence-corrected chi connectivity index (χ3v) is 4.53. The molecule has 224 valence electrons. The van der Waals surface area contributed by atoms with Crippen molar-refractivity contribution >= 4 is 15.9 Å². The normalized spacial score (nSPS) is 11.5. The third kappa shape index (κ3) is 36.0. The molecule has 13 heteroatoms. The molecule has 0 saturated heterocycles. The van der Waals surface area contributed by atoms with Crippen LogP contribution >= 0.6 is 15.9 Å². The van der Waals surface area contributed by atoms with E-state index in [9.17, 15) is 0 Å². The van der Waals surface area contributed by atoms with E-state index >= 15 is 0 Å². The van der Waals surface area contributed by atoms with Crippen LogP contribution in [0.2, 0.25) is 0 Å². The SMILES string of the molecule is NCCOCCOCCOCCOCCOCCOCCOCCOCCOCCOCCOCCBr. The zero-order chi connectivity index (χ0) is 26.7. The fourth-order valence-corrected chi connectivity index (χ4v) is 2.67. The van der Waals surface area contributed by atoms with Gasteiger partial charge in [0.15, 0.2) is 0 Å². The van der Waals surface area contributed by atoms with Gasteiger partial charge in [0.1, 0.15) is 0 Å². The van der Waals surface area contributed by atoms with Gasteiger partial charge in [-0.1, -0.05) is 15.9 Å². The van der Waals surface area contributed by atoms with Crippen LogP contribution in [0.5, 0.6) is 0 Å². The van der Waals surface area contributed by atoms with Gasteiger partial charge in [0.2, 0.25) is 0 Å². The molecule has 0 aliphatic rings. The van der Waals surface area contributed by atoms with E-state index in [4.69, 9.17) is 57.8 Å². The van der Waals surface area contributed by atoms with Gasteiger partial charge in [-0.3, -0.25) is 0 Å². The minimum atomic E-state index is 0.519. The number of alkyl halides is 1. The second-order valence-electron chi connectivity index (χ2n) is 7.21. The summed E-state index contributed by atoms with van der Waals surface area (Å²) in [5.74, 6) is 0. The highest BCUT2D eigenvalue weighted by atomic mass is 79.9. The van der Waals surface area contributed by atoms with Gasteiger partial charge < -0.3 is 57.8 Å². The first-order valence-electron chi connectivity index (χ1n) is 13.0. The van der Waals surface area contributed by atoms with E-state index in [1.54, 1.807) is 0 Å². The first-order valence-corrected chi connectivity index (χ1v) is 14.1. The molecule has 0 unspecified atom stereocenters. The molecule has 0 aliphatic heterocycles. The minimum absolute atomic E-state index is 0.519. The van der Waals surface area contributed by atoms with Gasteiger partial charge in [-0.15, -0.1) is 0 Å². The lowest BCUT2D eigenvalue weighted by molar-refractivity contribution is -0.0273. The van der Waals surface area contributed by atoms with E-state index < -0.39 is 0 Å². The Labute approximate surface area is 231 Å². The summed E-state index contributed by atoms with van der Waals surface area (Å²) in [4.78, 5) is 0. The molecule has 0 saturated carbocycles. The summed E-state index contributed by atoms with van der Waals surface area (Å²) < 4.78 is 59.3. The highest BCUT2D eigenvalue weighted by Gasteiger charge is 1.96. The van der Waals surface area contributed by atoms with E-state index in [-0.39, 0.29) is 0 Å². The standard InChI is InChI=1S/C24H50BrNO11/c25-1-3-27-5-7-29-9-11-31-13-15-33-17-19-35-21-23-37-24-22-36-20-18-34-16-14-32-12-10-30-8-6-28-4-2-26/h1-24,26H2. The molecular formula is C24H50BrNO11. The Balaban J connectivity index is 3.00. The summed E-state index contributed by atoms with van der Waals surface area (Å²) in [6.45, 7) is 12.5. The van der Waals surface area contributed by atoms with E-state index in [0.717, 1.165) is 5.33 Å². The van der Waals surface area contributed by atoms with Gasteiger partial charge >= 0.3 is 0 Å². The summed E-state index contributed by atoms with van der Waals surface area (Å²) >= 11 is 3.30. The Hall–Kier alpha value is 0.0000000000000000555. The number of nitrogens with two attached hydrogens (primary N) is 1. The Morgan fingerprint density at radius 3 is 0.595 bits per heavy atom. The molecule has 0 rings (SSSR count). The van der Waals surface area contributed by atoms with Crippen LogP contribution in [0.25, 0.3) is 0 Å². The van der Waals surface area contributed by atoms with E-state index in [0.29, 0.717) is 152 Å². The molecule has 0 radical (unpaired) electrons. The monoisotopic (exact) mass is 607 g/mol. The summed E-state index contributed by atoms with van der Waals surface area (Å²) in [6.07, 6.45) is 0. The molecule has 0 aliphatic carbocycles. The molecule has 0 bridgehead atoms. The number of rotatable bonds is 34. The highest BCUT2D eigenvalue weighted by molar-refractivity contribution is 9.09. The van der Waals surface area contributed by atoms with Crippen LogP contribution in [-0.2, 0) is 52.1 Å². The van der Waals surface area contributed by atoms with Crippen molar-refractivity contribution in [1.29, 1.82) is 0 Å². The number of hydrogen-bond acceptors (Lipinski definition) is 12. The van der Waals surface area contributed by atoms with Crippen molar-refractivity contribution in [3.63, 3.8) is 0 Å². The average Bonchev–Trinajstić information content (AvgIpc) is 2.91. The Kier molecular flexibility index (Phi) is 36.0. The zero-order valence-corrected chi connectivity index (χ0v) is 24.0. The van der Waals surface area contributed by atoms with E-state index in [1.165, 1.54) is 0 Å². The largest absolute Gasteiger partial charge is 0.378 e. The van der Waals surface area contributed by atoms with Crippen molar-refractivity contribution in [3.05, 3.63) is 0 Å². The fraction of sp³-hybridized carbons (Fsp3) is 1.00. The molecule has 0 aromatic carbocycles. The van der Waals surface area contributed by atoms with Crippen LogP contribution in [0, 0.1) is 0 Å². The Morgan fingerprint density at radius 1 is 0.270 bits per heavy atom. The lowest BCUT2D eigenvalue weighted by Gasteiger charge is -2.09. The number of halogens is 1. The smallest absolute Gasteiger partial charge is 0.0701 e. The Bertz CT molecular complexity index is 370. The van der Waals surface area contributed by atoms with E-state index in [2.05, 4.69) is 15.9 Å². The van der Waals surface area contributed by atoms with Gasteiger partial charge in [0, 0.05) is 11.9 Å². The first-order chi connectivity index (χ1) is 18.4.